The van der Waals surface area contributed by atoms with Gasteiger partial charge < -0.3 is 4.74 Å². The van der Waals surface area contributed by atoms with E-state index in [1.54, 1.807) is 0 Å². The van der Waals surface area contributed by atoms with Gasteiger partial charge in [0.05, 0.1) is 0 Å². The summed E-state index contributed by atoms with van der Waals surface area (Å²) in [6.45, 7) is 10.3. The zero-order chi connectivity index (χ0) is 10.2. The topological polar surface area (TPSA) is 12.5 Å². The molecule has 2 rings (SSSR count). The largest absolute Gasteiger partial charge is 0.381 e. The van der Waals surface area contributed by atoms with E-state index in [-0.39, 0.29) is 0 Å². The molecule has 0 spiro atoms. The van der Waals surface area contributed by atoms with Crippen molar-refractivity contribution in [3.8, 4) is 0 Å². The monoisotopic (exact) mass is 197 g/mol. The van der Waals surface area contributed by atoms with E-state index < -0.39 is 0 Å². The summed E-state index contributed by atoms with van der Waals surface area (Å²) in [4.78, 5) is 2.71. The highest BCUT2D eigenvalue weighted by Gasteiger charge is 2.40. The third-order valence-corrected chi connectivity index (χ3v) is 3.72. The maximum absolute atomic E-state index is 5.41. The first-order valence-corrected chi connectivity index (χ1v) is 5.92. The van der Waals surface area contributed by atoms with E-state index in [0.717, 1.165) is 25.3 Å². The Morgan fingerprint density at radius 2 is 1.71 bits per heavy atom. The van der Waals surface area contributed by atoms with Crippen molar-refractivity contribution in [3.05, 3.63) is 0 Å². The predicted octanol–water partition coefficient (Wildman–Crippen LogP) is 2.29. The molecular weight excluding hydrogens is 174 g/mol. The van der Waals surface area contributed by atoms with Crippen molar-refractivity contribution in [2.45, 2.75) is 52.1 Å². The zero-order valence-corrected chi connectivity index (χ0v) is 9.75. The van der Waals surface area contributed by atoms with Crippen LogP contribution in [0.15, 0.2) is 0 Å². The molecule has 0 aromatic rings. The highest BCUT2D eigenvalue weighted by Crippen LogP contribution is 2.36. The fraction of sp³-hybridized carbons (Fsp3) is 1.00. The van der Waals surface area contributed by atoms with Crippen LogP contribution in [-0.2, 0) is 4.74 Å². The quantitative estimate of drug-likeness (QED) is 0.639. The summed E-state index contributed by atoms with van der Waals surface area (Å²) in [6, 6.07) is 1.62. The van der Waals surface area contributed by atoms with Crippen LogP contribution in [0.1, 0.15) is 40.0 Å². The van der Waals surface area contributed by atoms with Crippen LogP contribution in [0.3, 0.4) is 0 Å². The summed E-state index contributed by atoms with van der Waals surface area (Å²) in [5.74, 6) is 0. The normalized spacial score (nSPS) is 31.5. The van der Waals surface area contributed by atoms with Crippen molar-refractivity contribution in [2.75, 3.05) is 19.8 Å². The molecule has 2 saturated heterocycles. The molecule has 2 heterocycles. The molecule has 1 unspecified atom stereocenters. The molecule has 2 aliphatic rings. The van der Waals surface area contributed by atoms with Gasteiger partial charge in [-0.15, -0.1) is 0 Å². The van der Waals surface area contributed by atoms with Crippen molar-refractivity contribution >= 4 is 0 Å². The third-order valence-electron chi connectivity index (χ3n) is 3.72. The van der Waals surface area contributed by atoms with Gasteiger partial charge >= 0.3 is 0 Å². The second kappa shape index (κ2) is 3.82. The summed E-state index contributed by atoms with van der Waals surface area (Å²) in [5, 5.41) is 0. The van der Waals surface area contributed by atoms with Gasteiger partial charge in [0.2, 0.25) is 0 Å². The summed E-state index contributed by atoms with van der Waals surface area (Å²) in [7, 11) is 0. The molecule has 2 nitrogen and oxygen atoms in total. The first-order valence-electron chi connectivity index (χ1n) is 5.92. The van der Waals surface area contributed by atoms with Gasteiger partial charge in [-0.25, -0.2) is 0 Å². The molecule has 0 saturated carbocycles. The smallest absolute Gasteiger partial charge is 0.0480 e. The van der Waals surface area contributed by atoms with Crippen molar-refractivity contribution < 1.29 is 4.74 Å². The van der Waals surface area contributed by atoms with Gasteiger partial charge in [0, 0.05) is 31.8 Å². The van der Waals surface area contributed by atoms with E-state index in [9.17, 15) is 0 Å². The minimum atomic E-state index is 0.455. The number of likely N-dealkylation sites (tertiary alicyclic amines) is 1. The van der Waals surface area contributed by atoms with Gasteiger partial charge in [-0.2, -0.15) is 0 Å². The first-order chi connectivity index (χ1) is 6.59. The van der Waals surface area contributed by atoms with Crippen LogP contribution in [-0.4, -0.2) is 36.7 Å². The Balaban J connectivity index is 1.91. The Kier molecular flexibility index (Phi) is 2.85. The third kappa shape index (κ3) is 1.96. The highest BCUT2D eigenvalue weighted by molar-refractivity contribution is 4.95. The lowest BCUT2D eigenvalue weighted by atomic mass is 9.77. The van der Waals surface area contributed by atoms with E-state index in [1.807, 2.05) is 0 Å². The zero-order valence-electron chi connectivity index (χ0n) is 9.75. The van der Waals surface area contributed by atoms with Crippen LogP contribution >= 0.6 is 0 Å². The summed E-state index contributed by atoms with van der Waals surface area (Å²) >= 11 is 0. The summed E-state index contributed by atoms with van der Waals surface area (Å²) < 4.78 is 5.41. The molecule has 82 valence electrons. The van der Waals surface area contributed by atoms with Crippen molar-refractivity contribution in [1.29, 1.82) is 0 Å². The van der Waals surface area contributed by atoms with Gasteiger partial charge in [-0.1, -0.05) is 20.8 Å². The fourth-order valence-corrected chi connectivity index (χ4v) is 2.79. The predicted molar refractivity (Wildman–Crippen MR) is 58.4 cm³/mol. The Hall–Kier alpha value is -0.0800. The Bertz CT molecular complexity index is 191. The van der Waals surface area contributed by atoms with E-state index >= 15 is 0 Å². The average molecular weight is 197 g/mol. The van der Waals surface area contributed by atoms with Gasteiger partial charge in [0.1, 0.15) is 0 Å². The number of nitrogens with zero attached hydrogens (tertiary/aromatic N) is 1. The van der Waals surface area contributed by atoms with Crippen LogP contribution in [0.25, 0.3) is 0 Å². The maximum atomic E-state index is 5.41. The highest BCUT2D eigenvalue weighted by atomic mass is 16.5. The van der Waals surface area contributed by atoms with Crippen LogP contribution < -0.4 is 0 Å². The molecule has 0 amide bonds. The van der Waals surface area contributed by atoms with E-state index in [2.05, 4.69) is 25.7 Å². The fourth-order valence-electron chi connectivity index (χ4n) is 2.79. The molecule has 14 heavy (non-hydrogen) atoms. The molecule has 0 radical (unpaired) electrons. The molecule has 2 fully saturated rings. The van der Waals surface area contributed by atoms with Gasteiger partial charge in [0.25, 0.3) is 0 Å². The summed E-state index contributed by atoms with van der Waals surface area (Å²) in [6.07, 6.45) is 3.88. The molecule has 0 aromatic heterocycles. The molecule has 0 bridgehead atoms. The van der Waals surface area contributed by atoms with Gasteiger partial charge in [0.15, 0.2) is 0 Å². The molecule has 0 N–H and O–H groups in total. The van der Waals surface area contributed by atoms with Crippen LogP contribution in [0, 0.1) is 5.41 Å². The van der Waals surface area contributed by atoms with E-state index in [0.29, 0.717) is 5.41 Å². The lowest BCUT2D eigenvalue weighted by Crippen LogP contribution is -2.59. The number of hydrogen-bond acceptors (Lipinski definition) is 2. The number of hydrogen-bond donors (Lipinski definition) is 0. The SMILES string of the molecule is CC(C)(C)C1CCN1C1CCOCC1. The number of rotatable bonds is 1. The van der Waals surface area contributed by atoms with Crippen LogP contribution in [0.4, 0.5) is 0 Å². The second-order valence-corrected chi connectivity index (χ2v) is 5.75. The Morgan fingerprint density at radius 3 is 2.14 bits per heavy atom. The lowest BCUT2D eigenvalue weighted by Gasteiger charge is -2.53. The molecule has 2 aliphatic heterocycles. The van der Waals surface area contributed by atoms with Crippen molar-refractivity contribution in [3.63, 3.8) is 0 Å². The van der Waals surface area contributed by atoms with Gasteiger partial charge in [-0.3, -0.25) is 4.90 Å². The van der Waals surface area contributed by atoms with E-state index in [1.165, 1.54) is 25.8 Å². The Labute approximate surface area is 87.6 Å². The molecule has 1 atom stereocenters. The minimum absolute atomic E-state index is 0.455. The average Bonchev–Trinajstić information content (AvgIpc) is 2.00. The van der Waals surface area contributed by atoms with Crippen LogP contribution in [0.5, 0.6) is 0 Å². The second-order valence-electron chi connectivity index (χ2n) is 5.75. The molecule has 0 aliphatic carbocycles. The first kappa shape index (κ1) is 10.4. The molecule has 0 aromatic carbocycles. The maximum Gasteiger partial charge on any atom is 0.0480 e. The van der Waals surface area contributed by atoms with Crippen molar-refractivity contribution in [1.82, 2.24) is 4.90 Å². The molecular formula is C12H23NO. The standard InChI is InChI=1S/C12H23NO/c1-12(2,3)11-4-7-13(11)10-5-8-14-9-6-10/h10-11H,4-9H2,1-3H3. The van der Waals surface area contributed by atoms with Crippen LogP contribution in [0.2, 0.25) is 0 Å². The Morgan fingerprint density at radius 1 is 1.07 bits per heavy atom. The lowest BCUT2D eigenvalue weighted by molar-refractivity contribution is -0.0604. The molecule has 2 heteroatoms. The van der Waals surface area contributed by atoms with Gasteiger partial charge in [-0.05, 0) is 24.7 Å². The minimum Gasteiger partial charge on any atom is -0.381 e. The summed E-state index contributed by atoms with van der Waals surface area (Å²) in [5.41, 5.74) is 0.455. The van der Waals surface area contributed by atoms with E-state index in [4.69, 9.17) is 4.74 Å². The van der Waals surface area contributed by atoms with Crippen molar-refractivity contribution in [2.24, 2.45) is 5.41 Å². The number of ether oxygens (including phenoxy) is 1.